The van der Waals surface area contributed by atoms with Crippen LogP contribution in [0.3, 0.4) is 0 Å². The number of hydrogen-bond donors (Lipinski definition) is 0. The van der Waals surface area contributed by atoms with Crippen LogP contribution in [-0.2, 0) is 9.53 Å². The molecule has 0 aromatic rings. The number of hydrogen-bond acceptors (Lipinski definition) is 3. The van der Waals surface area contributed by atoms with E-state index in [1.807, 2.05) is 18.7 Å². The molecule has 3 nitrogen and oxygen atoms in total. The lowest BCUT2D eigenvalue weighted by Gasteiger charge is -2.40. The van der Waals surface area contributed by atoms with Gasteiger partial charge in [-0.25, -0.2) is 0 Å². The summed E-state index contributed by atoms with van der Waals surface area (Å²) in [5, 5.41) is 0. The minimum atomic E-state index is -0.254. The molecule has 0 unspecified atom stereocenters. The summed E-state index contributed by atoms with van der Waals surface area (Å²) >= 11 is 1.99. The first-order valence-corrected chi connectivity index (χ1v) is 8.94. The number of rotatable bonds is 1. The van der Waals surface area contributed by atoms with E-state index in [4.69, 9.17) is 4.74 Å². The summed E-state index contributed by atoms with van der Waals surface area (Å²) in [5.74, 6) is 2.54. The summed E-state index contributed by atoms with van der Waals surface area (Å²) in [6, 6.07) is 0. The first-order chi connectivity index (χ1) is 9.20. The van der Waals surface area contributed by atoms with Crippen LogP contribution >= 0.6 is 11.8 Å². The van der Waals surface area contributed by atoms with E-state index in [-0.39, 0.29) is 17.2 Å². The fourth-order valence-electron chi connectivity index (χ4n) is 3.95. The third-order valence-corrected chi connectivity index (χ3v) is 5.97. The van der Waals surface area contributed by atoms with Gasteiger partial charge in [-0.05, 0) is 24.3 Å². The van der Waals surface area contributed by atoms with Gasteiger partial charge in [0.25, 0.3) is 0 Å². The van der Waals surface area contributed by atoms with E-state index in [2.05, 4.69) is 4.90 Å². The quantitative estimate of drug-likeness (QED) is 0.740. The van der Waals surface area contributed by atoms with Gasteiger partial charge in [0.15, 0.2) is 0 Å². The molecule has 1 aliphatic carbocycles. The lowest BCUT2D eigenvalue weighted by Crippen LogP contribution is -2.50. The molecule has 1 amide bonds. The normalized spacial score (nSPS) is 29.0. The third-order valence-electron chi connectivity index (χ3n) is 4.99. The van der Waals surface area contributed by atoms with Crippen molar-refractivity contribution in [3.8, 4) is 0 Å². The third kappa shape index (κ3) is 2.42. The van der Waals surface area contributed by atoms with Crippen molar-refractivity contribution < 1.29 is 9.53 Å². The zero-order valence-electron chi connectivity index (χ0n) is 12.0. The Morgan fingerprint density at radius 3 is 2.47 bits per heavy atom. The zero-order valence-corrected chi connectivity index (χ0v) is 12.8. The minimum Gasteiger partial charge on any atom is -0.347 e. The maximum atomic E-state index is 12.4. The van der Waals surface area contributed by atoms with Gasteiger partial charge in [0.1, 0.15) is 5.72 Å². The molecule has 2 heterocycles. The summed E-state index contributed by atoms with van der Waals surface area (Å²) in [5.41, 5.74) is -0.263. The van der Waals surface area contributed by atoms with Crippen LogP contribution < -0.4 is 0 Å². The number of carbonyl (C=O) groups is 1. The van der Waals surface area contributed by atoms with E-state index in [1.165, 1.54) is 19.3 Å². The van der Waals surface area contributed by atoms with Gasteiger partial charge in [-0.1, -0.05) is 26.2 Å². The Morgan fingerprint density at radius 1 is 1.16 bits per heavy atom. The van der Waals surface area contributed by atoms with Gasteiger partial charge in [0.2, 0.25) is 5.91 Å². The van der Waals surface area contributed by atoms with Crippen LogP contribution in [0.4, 0.5) is 0 Å². The Kier molecular flexibility index (Phi) is 3.82. The Bertz CT molecular complexity index is 346. The second-order valence-corrected chi connectivity index (χ2v) is 7.46. The molecule has 0 atom stereocenters. The topological polar surface area (TPSA) is 29.5 Å². The molecule has 0 bridgehead atoms. The summed E-state index contributed by atoms with van der Waals surface area (Å²) in [4.78, 5) is 14.5. The van der Waals surface area contributed by atoms with Crippen molar-refractivity contribution in [2.75, 3.05) is 18.1 Å². The predicted octanol–water partition coefficient (Wildman–Crippen LogP) is 3.18. The lowest BCUT2D eigenvalue weighted by atomic mass is 9.85. The highest BCUT2D eigenvalue weighted by Crippen LogP contribution is 2.48. The highest BCUT2D eigenvalue weighted by atomic mass is 32.2. The molecule has 0 radical (unpaired) electrons. The van der Waals surface area contributed by atoms with E-state index in [1.54, 1.807) is 0 Å². The average Bonchev–Trinajstić information content (AvgIpc) is 2.73. The Balaban J connectivity index is 1.85. The number of carbonyl (C=O) groups excluding carboxylic acids is 1. The van der Waals surface area contributed by atoms with Crippen LogP contribution in [0.5, 0.6) is 0 Å². The Hall–Kier alpha value is -0.220. The monoisotopic (exact) mass is 283 g/mol. The van der Waals surface area contributed by atoms with Crippen molar-refractivity contribution >= 4 is 17.7 Å². The van der Waals surface area contributed by atoms with Crippen molar-refractivity contribution in [1.29, 1.82) is 0 Å². The van der Waals surface area contributed by atoms with Gasteiger partial charge in [0, 0.05) is 19.3 Å². The smallest absolute Gasteiger partial charge is 0.224 e. The summed E-state index contributed by atoms with van der Waals surface area (Å²) in [7, 11) is 0. The Morgan fingerprint density at radius 2 is 1.84 bits per heavy atom. The van der Waals surface area contributed by atoms with Crippen molar-refractivity contribution in [3.63, 3.8) is 0 Å². The molecule has 2 saturated heterocycles. The van der Waals surface area contributed by atoms with Crippen LogP contribution in [0.1, 0.15) is 58.3 Å². The van der Waals surface area contributed by atoms with Crippen molar-refractivity contribution in [3.05, 3.63) is 0 Å². The molecular formula is C15H25NO2S. The molecule has 0 N–H and O–H groups in total. The molecule has 19 heavy (non-hydrogen) atoms. The largest absolute Gasteiger partial charge is 0.347 e. The van der Waals surface area contributed by atoms with E-state index in [0.717, 1.165) is 43.7 Å². The number of amides is 1. The van der Waals surface area contributed by atoms with Crippen LogP contribution in [0.2, 0.25) is 0 Å². The molecule has 3 fully saturated rings. The van der Waals surface area contributed by atoms with Gasteiger partial charge < -0.3 is 9.64 Å². The molecule has 0 aromatic carbocycles. The predicted molar refractivity (Wildman–Crippen MR) is 78.2 cm³/mol. The molecular weight excluding hydrogens is 258 g/mol. The molecule has 4 heteroatoms. The van der Waals surface area contributed by atoms with E-state index in [0.29, 0.717) is 6.42 Å². The van der Waals surface area contributed by atoms with E-state index < -0.39 is 0 Å². The molecule has 108 valence electrons. The molecule has 2 spiro atoms. The van der Waals surface area contributed by atoms with Gasteiger partial charge in [0.05, 0.1) is 12.1 Å². The first kappa shape index (κ1) is 13.7. The number of nitrogens with zero attached hydrogens (tertiary/aromatic N) is 1. The van der Waals surface area contributed by atoms with E-state index in [9.17, 15) is 4.79 Å². The number of ether oxygens (including phenoxy) is 1. The van der Waals surface area contributed by atoms with E-state index >= 15 is 0 Å². The highest BCUT2D eigenvalue weighted by molar-refractivity contribution is 7.99. The summed E-state index contributed by atoms with van der Waals surface area (Å²) < 4.78 is 6.65. The fraction of sp³-hybridized carbons (Fsp3) is 0.933. The highest BCUT2D eigenvalue weighted by Gasteiger charge is 2.55. The van der Waals surface area contributed by atoms with Crippen molar-refractivity contribution in [1.82, 2.24) is 4.90 Å². The van der Waals surface area contributed by atoms with Gasteiger partial charge in [-0.2, -0.15) is 11.8 Å². The fourth-order valence-corrected chi connectivity index (χ4v) is 5.08. The van der Waals surface area contributed by atoms with Crippen LogP contribution in [0.15, 0.2) is 0 Å². The number of thioether (sulfide) groups is 1. The average molecular weight is 283 g/mol. The summed E-state index contributed by atoms with van der Waals surface area (Å²) in [6.45, 7) is 2.82. The lowest BCUT2D eigenvalue weighted by molar-refractivity contribution is -0.168. The van der Waals surface area contributed by atoms with Crippen LogP contribution in [0.25, 0.3) is 0 Å². The second-order valence-electron chi connectivity index (χ2n) is 6.24. The van der Waals surface area contributed by atoms with Crippen molar-refractivity contribution in [2.24, 2.45) is 0 Å². The van der Waals surface area contributed by atoms with Gasteiger partial charge in [-0.3, -0.25) is 4.79 Å². The van der Waals surface area contributed by atoms with Gasteiger partial charge >= 0.3 is 0 Å². The molecule has 3 rings (SSSR count). The maximum absolute atomic E-state index is 12.4. The second kappa shape index (κ2) is 5.28. The molecule has 0 aromatic heterocycles. The van der Waals surface area contributed by atoms with Crippen molar-refractivity contribution in [2.45, 2.75) is 69.6 Å². The zero-order chi connectivity index (χ0) is 13.3. The minimum absolute atomic E-state index is 0.00884. The van der Waals surface area contributed by atoms with Gasteiger partial charge in [-0.15, -0.1) is 0 Å². The van der Waals surface area contributed by atoms with Crippen LogP contribution in [0, 0.1) is 0 Å². The molecule has 3 aliphatic rings. The Labute approximate surface area is 120 Å². The SMILES string of the molecule is CCC(=O)N1CC2(CCCCC2)OC12CCSCC2. The maximum Gasteiger partial charge on any atom is 0.224 e. The molecule has 2 aliphatic heterocycles. The first-order valence-electron chi connectivity index (χ1n) is 7.78. The van der Waals surface area contributed by atoms with Crippen LogP contribution in [-0.4, -0.2) is 40.2 Å². The molecule has 1 saturated carbocycles. The standard InChI is InChI=1S/C15H25NO2S/c1-2-13(17)16-12-14(6-4-3-5-7-14)18-15(16)8-10-19-11-9-15/h2-12H2,1H3. The summed E-state index contributed by atoms with van der Waals surface area (Å²) in [6.07, 6.45) is 8.79.